The van der Waals surface area contributed by atoms with Gasteiger partial charge in [0, 0.05) is 11.6 Å². The number of furan rings is 1. The molecule has 6 nitrogen and oxygen atoms in total. The molecule has 2 aromatic heterocycles. The van der Waals surface area contributed by atoms with Gasteiger partial charge < -0.3 is 4.42 Å². The number of nitrogens with zero attached hydrogens (tertiary/aromatic N) is 2. The minimum Gasteiger partial charge on any atom is -0.467 e. The first-order valence-corrected chi connectivity index (χ1v) is 11.7. The molecule has 0 atom stereocenters. The standard InChI is InChI=1S/C21H16F2N2O4S2/c1-2-31(27,28)16-7-3-5-13(9-16)20(26)25(12-15-6-4-8-29-15)21-24-19-17(23)10-14(22)11-18(19)30-21/h3-11H,2,12H2,1H3. The van der Waals surface area contributed by atoms with Gasteiger partial charge in [0.05, 0.1) is 28.2 Å². The fourth-order valence-corrected chi connectivity index (χ4v) is 4.92. The number of sulfone groups is 1. The Balaban J connectivity index is 1.80. The topological polar surface area (TPSA) is 80.5 Å². The zero-order valence-corrected chi connectivity index (χ0v) is 17.8. The van der Waals surface area contributed by atoms with Crippen molar-refractivity contribution in [2.24, 2.45) is 0 Å². The Morgan fingerprint density at radius 1 is 1.16 bits per heavy atom. The number of fused-ring (bicyclic) bond motifs is 1. The average molecular weight is 462 g/mol. The molecule has 10 heteroatoms. The van der Waals surface area contributed by atoms with Gasteiger partial charge in [-0.05, 0) is 36.4 Å². The lowest BCUT2D eigenvalue weighted by Crippen LogP contribution is -2.30. The molecule has 2 heterocycles. The summed E-state index contributed by atoms with van der Waals surface area (Å²) in [5.41, 5.74) is 0.0629. The number of aromatic nitrogens is 1. The van der Waals surface area contributed by atoms with Gasteiger partial charge in [0.2, 0.25) is 0 Å². The molecule has 0 saturated heterocycles. The minimum absolute atomic E-state index is 0.0243. The molecule has 4 aromatic rings. The van der Waals surface area contributed by atoms with Crippen molar-refractivity contribution in [1.29, 1.82) is 0 Å². The minimum atomic E-state index is -3.52. The lowest BCUT2D eigenvalue weighted by atomic mass is 10.2. The van der Waals surface area contributed by atoms with Crippen LogP contribution >= 0.6 is 11.3 Å². The molecule has 0 aliphatic rings. The lowest BCUT2D eigenvalue weighted by Gasteiger charge is -2.19. The second kappa shape index (κ2) is 8.20. The largest absolute Gasteiger partial charge is 0.467 e. The van der Waals surface area contributed by atoms with Crippen molar-refractivity contribution in [2.75, 3.05) is 10.7 Å². The molecule has 0 fully saturated rings. The third-order valence-electron chi connectivity index (χ3n) is 4.59. The molecule has 0 aliphatic heterocycles. The smallest absolute Gasteiger partial charge is 0.260 e. The van der Waals surface area contributed by atoms with Crippen LogP contribution in [0, 0.1) is 11.6 Å². The zero-order valence-electron chi connectivity index (χ0n) is 16.2. The number of hydrogen-bond donors (Lipinski definition) is 0. The summed E-state index contributed by atoms with van der Waals surface area (Å²) in [7, 11) is -3.52. The Hall–Kier alpha value is -3.11. The fraction of sp³-hybridized carbons (Fsp3) is 0.143. The maximum absolute atomic E-state index is 14.2. The van der Waals surface area contributed by atoms with E-state index in [0.29, 0.717) is 5.76 Å². The van der Waals surface area contributed by atoms with E-state index in [1.165, 1.54) is 42.4 Å². The van der Waals surface area contributed by atoms with Crippen LogP contribution in [-0.4, -0.2) is 25.1 Å². The number of hydrogen-bond acceptors (Lipinski definition) is 6. The highest BCUT2D eigenvalue weighted by Gasteiger charge is 2.25. The van der Waals surface area contributed by atoms with E-state index in [0.717, 1.165) is 23.5 Å². The van der Waals surface area contributed by atoms with E-state index in [1.54, 1.807) is 12.1 Å². The summed E-state index contributed by atoms with van der Waals surface area (Å²) in [4.78, 5) is 18.8. The Bertz CT molecular complexity index is 1370. The summed E-state index contributed by atoms with van der Waals surface area (Å²) in [6.45, 7) is 1.49. The Morgan fingerprint density at radius 2 is 1.97 bits per heavy atom. The van der Waals surface area contributed by atoms with Gasteiger partial charge in [0.25, 0.3) is 5.91 Å². The highest BCUT2D eigenvalue weighted by Crippen LogP contribution is 2.33. The van der Waals surface area contributed by atoms with E-state index >= 15 is 0 Å². The molecule has 2 aromatic carbocycles. The summed E-state index contributed by atoms with van der Waals surface area (Å²) in [5.74, 6) is -1.80. The van der Waals surface area contributed by atoms with Crippen LogP contribution in [0.3, 0.4) is 0 Å². The first-order valence-electron chi connectivity index (χ1n) is 9.21. The molecule has 0 bridgehead atoms. The number of thiazole rings is 1. The number of carbonyl (C=O) groups excluding carboxylic acids is 1. The molecule has 160 valence electrons. The lowest BCUT2D eigenvalue weighted by molar-refractivity contribution is 0.0983. The zero-order chi connectivity index (χ0) is 22.2. The third kappa shape index (κ3) is 4.21. The molecule has 0 aliphatic carbocycles. The summed E-state index contributed by atoms with van der Waals surface area (Å²) < 4.78 is 57.8. The van der Waals surface area contributed by atoms with E-state index in [-0.39, 0.29) is 38.1 Å². The molecule has 4 rings (SSSR count). The molecular weight excluding hydrogens is 446 g/mol. The number of amides is 1. The van der Waals surface area contributed by atoms with Crippen LogP contribution in [0.4, 0.5) is 13.9 Å². The monoisotopic (exact) mass is 462 g/mol. The van der Waals surface area contributed by atoms with Crippen molar-refractivity contribution in [3.05, 3.63) is 77.8 Å². The van der Waals surface area contributed by atoms with Crippen LogP contribution in [0.15, 0.2) is 64.1 Å². The fourth-order valence-electron chi connectivity index (χ4n) is 2.99. The Kier molecular flexibility index (Phi) is 5.59. The summed E-state index contributed by atoms with van der Waals surface area (Å²) >= 11 is 0.947. The molecule has 0 N–H and O–H groups in total. The van der Waals surface area contributed by atoms with Crippen LogP contribution in [0.1, 0.15) is 23.0 Å². The van der Waals surface area contributed by atoms with Crippen LogP contribution in [0.5, 0.6) is 0 Å². The maximum Gasteiger partial charge on any atom is 0.260 e. The summed E-state index contributed by atoms with van der Waals surface area (Å²) in [6, 6.07) is 10.9. The Morgan fingerprint density at radius 3 is 2.68 bits per heavy atom. The molecule has 31 heavy (non-hydrogen) atoms. The molecule has 0 spiro atoms. The number of anilines is 1. The van der Waals surface area contributed by atoms with Crippen LogP contribution in [-0.2, 0) is 16.4 Å². The first-order chi connectivity index (χ1) is 14.8. The number of halogens is 2. The number of benzene rings is 2. The van der Waals surface area contributed by atoms with Crippen molar-refractivity contribution in [3.8, 4) is 0 Å². The second-order valence-electron chi connectivity index (χ2n) is 6.63. The molecular formula is C21H16F2N2O4S2. The van der Waals surface area contributed by atoms with Crippen molar-refractivity contribution in [3.63, 3.8) is 0 Å². The van der Waals surface area contributed by atoms with Gasteiger partial charge in [0.15, 0.2) is 20.8 Å². The predicted molar refractivity (Wildman–Crippen MR) is 113 cm³/mol. The highest BCUT2D eigenvalue weighted by atomic mass is 32.2. The van der Waals surface area contributed by atoms with Gasteiger partial charge >= 0.3 is 0 Å². The van der Waals surface area contributed by atoms with E-state index < -0.39 is 27.4 Å². The molecule has 1 amide bonds. The van der Waals surface area contributed by atoms with Crippen molar-refractivity contribution in [1.82, 2.24) is 4.98 Å². The first kappa shape index (κ1) is 21.1. The summed E-state index contributed by atoms with van der Waals surface area (Å²) in [5, 5.41) is 0.129. The van der Waals surface area contributed by atoms with E-state index in [4.69, 9.17) is 4.42 Å². The molecule has 0 radical (unpaired) electrons. The Labute approximate surface area is 180 Å². The summed E-state index contributed by atoms with van der Waals surface area (Å²) in [6.07, 6.45) is 1.44. The number of carbonyl (C=O) groups is 1. The van der Waals surface area contributed by atoms with Gasteiger partial charge in [-0.15, -0.1) is 0 Å². The highest BCUT2D eigenvalue weighted by molar-refractivity contribution is 7.91. The van der Waals surface area contributed by atoms with Crippen LogP contribution < -0.4 is 4.90 Å². The average Bonchev–Trinajstić information content (AvgIpc) is 3.41. The van der Waals surface area contributed by atoms with Gasteiger partial charge in [0.1, 0.15) is 17.1 Å². The quantitative estimate of drug-likeness (QED) is 0.411. The SMILES string of the molecule is CCS(=O)(=O)c1cccc(C(=O)N(Cc2ccco2)c2nc3c(F)cc(F)cc3s2)c1. The van der Waals surface area contributed by atoms with Crippen molar-refractivity contribution in [2.45, 2.75) is 18.4 Å². The normalized spacial score (nSPS) is 11.7. The van der Waals surface area contributed by atoms with E-state index in [9.17, 15) is 22.0 Å². The van der Waals surface area contributed by atoms with Gasteiger partial charge in [-0.25, -0.2) is 22.2 Å². The van der Waals surface area contributed by atoms with Gasteiger partial charge in [-0.1, -0.05) is 24.3 Å². The second-order valence-corrected chi connectivity index (χ2v) is 9.92. The van der Waals surface area contributed by atoms with Gasteiger partial charge in [-0.3, -0.25) is 9.69 Å². The van der Waals surface area contributed by atoms with E-state index in [2.05, 4.69) is 4.98 Å². The number of rotatable bonds is 6. The third-order valence-corrected chi connectivity index (χ3v) is 7.35. The van der Waals surface area contributed by atoms with E-state index in [1.807, 2.05) is 0 Å². The van der Waals surface area contributed by atoms with Crippen LogP contribution in [0.2, 0.25) is 0 Å². The van der Waals surface area contributed by atoms with Crippen molar-refractivity contribution >= 4 is 42.4 Å². The van der Waals surface area contributed by atoms with Crippen molar-refractivity contribution < 1.29 is 26.4 Å². The molecule has 0 saturated carbocycles. The predicted octanol–water partition coefficient (Wildman–Crippen LogP) is 4.81. The maximum atomic E-state index is 14.2. The molecule has 0 unspecified atom stereocenters. The van der Waals surface area contributed by atoms with Crippen LogP contribution in [0.25, 0.3) is 10.2 Å². The van der Waals surface area contributed by atoms with Gasteiger partial charge in [-0.2, -0.15) is 0 Å².